The molecule has 0 heterocycles. The minimum atomic E-state index is -3.60. The van der Waals surface area contributed by atoms with Gasteiger partial charge in [0.15, 0.2) is 0 Å². The van der Waals surface area contributed by atoms with Crippen LogP contribution in [-0.2, 0) is 14.8 Å². The van der Waals surface area contributed by atoms with Gasteiger partial charge in [0.2, 0.25) is 15.9 Å². The molecule has 2 rings (SSSR count). The molecule has 7 heteroatoms. The molecule has 1 atom stereocenters. The van der Waals surface area contributed by atoms with Crippen molar-refractivity contribution in [2.24, 2.45) is 0 Å². The average molecular weight is 368 g/mol. The number of carbonyl (C=O) groups excluding carboxylic acids is 1. The van der Waals surface area contributed by atoms with E-state index in [2.05, 4.69) is 5.32 Å². The number of anilines is 1. The van der Waals surface area contributed by atoms with Crippen molar-refractivity contribution in [3.05, 3.63) is 24.3 Å². The van der Waals surface area contributed by atoms with Gasteiger partial charge in [-0.1, -0.05) is 19.3 Å². The van der Waals surface area contributed by atoms with Crippen molar-refractivity contribution in [3.63, 3.8) is 0 Å². The van der Waals surface area contributed by atoms with Gasteiger partial charge in [-0.2, -0.15) is 0 Å². The number of sulfonamides is 1. The van der Waals surface area contributed by atoms with Gasteiger partial charge in [-0.25, -0.2) is 8.42 Å². The summed E-state index contributed by atoms with van der Waals surface area (Å²) < 4.78 is 31.1. The molecule has 1 fully saturated rings. The first kappa shape index (κ1) is 19.6. The van der Waals surface area contributed by atoms with Crippen LogP contribution in [0.2, 0.25) is 0 Å². The fourth-order valence-corrected chi connectivity index (χ4v) is 4.41. The lowest BCUT2D eigenvalue weighted by atomic mass is 9.95. The first-order chi connectivity index (χ1) is 11.8. The van der Waals surface area contributed by atoms with Gasteiger partial charge in [0, 0.05) is 6.04 Å². The summed E-state index contributed by atoms with van der Waals surface area (Å²) in [5, 5.41) is 3.00. The third-order valence-corrected chi connectivity index (χ3v) is 5.68. The maximum atomic E-state index is 12.6. The van der Waals surface area contributed by atoms with E-state index < -0.39 is 16.1 Å². The maximum Gasteiger partial charge on any atom is 0.243 e. The number of hydrogen-bond acceptors (Lipinski definition) is 4. The molecule has 0 saturated heterocycles. The van der Waals surface area contributed by atoms with Crippen molar-refractivity contribution in [2.45, 2.75) is 58.0 Å². The number of nitrogens with zero attached hydrogens (tertiary/aromatic N) is 1. The molecule has 0 spiro atoms. The Bertz CT molecular complexity index is 667. The van der Waals surface area contributed by atoms with Crippen LogP contribution in [0.5, 0.6) is 5.75 Å². The first-order valence-electron chi connectivity index (χ1n) is 8.85. The van der Waals surface area contributed by atoms with E-state index in [-0.39, 0.29) is 11.9 Å². The summed E-state index contributed by atoms with van der Waals surface area (Å²) in [5.41, 5.74) is 0.456. The van der Waals surface area contributed by atoms with Crippen LogP contribution in [0.4, 0.5) is 5.69 Å². The summed E-state index contributed by atoms with van der Waals surface area (Å²) in [6.45, 7) is 4.04. The molecular weight excluding hydrogens is 340 g/mol. The lowest BCUT2D eigenvalue weighted by Crippen LogP contribution is -2.50. The molecule has 0 unspecified atom stereocenters. The molecule has 0 radical (unpaired) electrons. The monoisotopic (exact) mass is 368 g/mol. The fraction of sp³-hybridized carbons (Fsp3) is 0.611. The van der Waals surface area contributed by atoms with E-state index in [1.54, 1.807) is 31.2 Å². The van der Waals surface area contributed by atoms with Crippen LogP contribution in [0.1, 0.15) is 46.0 Å². The predicted octanol–water partition coefficient (Wildman–Crippen LogP) is 2.69. The van der Waals surface area contributed by atoms with Gasteiger partial charge in [-0.15, -0.1) is 0 Å². The zero-order chi connectivity index (χ0) is 18.4. The quantitative estimate of drug-likeness (QED) is 0.803. The molecule has 1 amide bonds. The first-order valence-corrected chi connectivity index (χ1v) is 10.7. The van der Waals surface area contributed by atoms with E-state index in [1.807, 2.05) is 6.92 Å². The molecule has 25 heavy (non-hydrogen) atoms. The molecule has 1 aromatic carbocycles. The number of ether oxygens (including phenoxy) is 1. The summed E-state index contributed by atoms with van der Waals surface area (Å²) in [6.07, 6.45) is 6.44. The van der Waals surface area contributed by atoms with Crippen molar-refractivity contribution in [1.29, 1.82) is 0 Å². The SMILES string of the molecule is CCOc1ccc(N([C@H](C)C(=O)NC2CCCCC2)S(C)(=O)=O)cc1. The molecule has 6 nitrogen and oxygen atoms in total. The Morgan fingerprint density at radius 3 is 2.36 bits per heavy atom. The van der Waals surface area contributed by atoms with Crippen molar-refractivity contribution in [3.8, 4) is 5.75 Å². The van der Waals surface area contributed by atoms with Crippen LogP contribution in [0.3, 0.4) is 0 Å². The van der Waals surface area contributed by atoms with E-state index >= 15 is 0 Å². The number of hydrogen-bond donors (Lipinski definition) is 1. The van der Waals surface area contributed by atoms with E-state index in [0.29, 0.717) is 18.0 Å². The Morgan fingerprint density at radius 2 is 1.84 bits per heavy atom. The summed E-state index contributed by atoms with van der Waals surface area (Å²) in [6, 6.07) is 6.08. The van der Waals surface area contributed by atoms with Gasteiger partial charge < -0.3 is 10.1 Å². The second-order valence-electron chi connectivity index (χ2n) is 6.51. The average Bonchev–Trinajstić information content (AvgIpc) is 2.56. The van der Waals surface area contributed by atoms with Crippen LogP contribution < -0.4 is 14.4 Å². The van der Waals surface area contributed by atoms with Crippen LogP contribution in [-0.4, -0.2) is 39.3 Å². The maximum absolute atomic E-state index is 12.6. The van der Waals surface area contributed by atoms with Crippen LogP contribution >= 0.6 is 0 Å². The molecule has 140 valence electrons. The molecule has 1 N–H and O–H groups in total. The normalized spacial score (nSPS) is 16.9. The van der Waals surface area contributed by atoms with E-state index in [4.69, 9.17) is 4.74 Å². The molecule has 1 aromatic rings. The number of benzene rings is 1. The van der Waals surface area contributed by atoms with Crippen LogP contribution in [0.15, 0.2) is 24.3 Å². The van der Waals surface area contributed by atoms with E-state index in [0.717, 1.165) is 31.9 Å². The van der Waals surface area contributed by atoms with Crippen molar-refractivity contribution >= 4 is 21.6 Å². The van der Waals surface area contributed by atoms with E-state index in [1.165, 1.54) is 10.7 Å². The second-order valence-corrected chi connectivity index (χ2v) is 8.36. The summed E-state index contributed by atoms with van der Waals surface area (Å²) in [7, 11) is -3.60. The van der Waals surface area contributed by atoms with Crippen LogP contribution in [0.25, 0.3) is 0 Å². The van der Waals surface area contributed by atoms with Gasteiger partial charge >= 0.3 is 0 Å². The highest BCUT2D eigenvalue weighted by molar-refractivity contribution is 7.92. The zero-order valence-electron chi connectivity index (χ0n) is 15.2. The Hall–Kier alpha value is -1.76. The molecule has 0 aliphatic heterocycles. The number of nitrogens with one attached hydrogen (secondary N) is 1. The standard InChI is InChI=1S/C18H28N2O4S/c1-4-24-17-12-10-16(11-13-17)20(25(3,22)23)14(2)18(21)19-15-8-6-5-7-9-15/h10-15H,4-9H2,1-3H3,(H,19,21)/t14-/m1/s1. The van der Waals surface area contributed by atoms with Crippen molar-refractivity contribution in [2.75, 3.05) is 17.2 Å². The highest BCUT2D eigenvalue weighted by atomic mass is 32.2. The van der Waals surface area contributed by atoms with Gasteiger partial charge in [0.25, 0.3) is 0 Å². The molecular formula is C18H28N2O4S. The Morgan fingerprint density at radius 1 is 1.24 bits per heavy atom. The molecule has 1 aliphatic carbocycles. The summed E-state index contributed by atoms with van der Waals surface area (Å²) >= 11 is 0. The number of carbonyl (C=O) groups is 1. The second kappa shape index (κ2) is 8.56. The van der Waals surface area contributed by atoms with Gasteiger partial charge in [-0.05, 0) is 51.0 Å². The highest BCUT2D eigenvalue weighted by Gasteiger charge is 2.30. The zero-order valence-corrected chi connectivity index (χ0v) is 16.0. The lowest BCUT2D eigenvalue weighted by Gasteiger charge is -2.30. The minimum Gasteiger partial charge on any atom is -0.494 e. The lowest BCUT2D eigenvalue weighted by molar-refractivity contribution is -0.122. The number of rotatable bonds is 7. The van der Waals surface area contributed by atoms with Gasteiger partial charge in [0.1, 0.15) is 11.8 Å². The van der Waals surface area contributed by atoms with Crippen LogP contribution in [0, 0.1) is 0 Å². The molecule has 1 saturated carbocycles. The summed E-state index contributed by atoms with van der Waals surface area (Å²) in [4.78, 5) is 12.6. The van der Waals surface area contributed by atoms with Crippen molar-refractivity contribution < 1.29 is 17.9 Å². The fourth-order valence-electron chi connectivity index (χ4n) is 3.23. The number of amides is 1. The molecule has 0 aromatic heterocycles. The third-order valence-electron chi connectivity index (χ3n) is 4.44. The topological polar surface area (TPSA) is 75.7 Å². The van der Waals surface area contributed by atoms with Crippen molar-refractivity contribution in [1.82, 2.24) is 5.32 Å². The highest BCUT2D eigenvalue weighted by Crippen LogP contribution is 2.24. The largest absolute Gasteiger partial charge is 0.494 e. The summed E-state index contributed by atoms with van der Waals surface area (Å²) in [5.74, 6) is 0.408. The molecule has 1 aliphatic rings. The Kier molecular flexibility index (Phi) is 6.70. The third kappa shape index (κ3) is 5.36. The molecule has 0 bridgehead atoms. The Labute approximate surface area is 150 Å². The minimum absolute atomic E-state index is 0.144. The van der Waals surface area contributed by atoms with Gasteiger partial charge in [0.05, 0.1) is 18.6 Å². The van der Waals surface area contributed by atoms with Gasteiger partial charge in [-0.3, -0.25) is 9.10 Å². The smallest absolute Gasteiger partial charge is 0.243 e. The Balaban J connectivity index is 2.16. The van der Waals surface area contributed by atoms with E-state index in [9.17, 15) is 13.2 Å². The predicted molar refractivity (Wildman–Crippen MR) is 99.4 cm³/mol.